The summed E-state index contributed by atoms with van der Waals surface area (Å²) in [5, 5.41) is 0. The van der Waals surface area contributed by atoms with Crippen LogP contribution in [0.1, 0.15) is 0 Å². The lowest BCUT2D eigenvalue weighted by Gasteiger charge is -2.09. The highest BCUT2D eigenvalue weighted by atomic mass is 13.5. The van der Waals surface area contributed by atoms with Crippen LogP contribution in [-0.2, 0) is 0 Å². The summed E-state index contributed by atoms with van der Waals surface area (Å²) in [6.45, 7) is 14.1. The molecule has 0 unspecified atom stereocenters. The van der Waals surface area contributed by atoms with Crippen molar-refractivity contribution in [2.75, 3.05) is 0 Å². The van der Waals surface area contributed by atoms with Crippen molar-refractivity contribution in [2.24, 2.45) is 0 Å². The normalized spacial score (nSPS) is 9.00. The first-order chi connectivity index (χ1) is 4.04. The van der Waals surface area contributed by atoms with Crippen LogP contribution in [-0.4, -0.2) is 19.9 Å². The maximum atomic E-state index is 2.34. The fourth-order valence-electron chi connectivity index (χ4n) is 1.02. The molecule has 0 bridgehead atoms. The van der Waals surface area contributed by atoms with Gasteiger partial charge in [0.25, 0.3) is 0 Å². The maximum absolute atomic E-state index is 2.34. The van der Waals surface area contributed by atoms with Crippen molar-refractivity contribution in [1.82, 2.24) is 0 Å². The number of rotatable bonds is 3. The predicted molar refractivity (Wildman–Crippen MR) is 51.4 cm³/mol. The van der Waals surface area contributed by atoms with Gasteiger partial charge in [-0.15, -0.1) is 6.22 Å². The SMILES string of the molecule is CB(C)CB(C)B(C)C. The largest absolute Gasteiger partial charge is 0.125 e. The topological polar surface area (TPSA) is 0 Å². The second-order valence-corrected chi connectivity index (χ2v) is 3.85. The van der Waals surface area contributed by atoms with E-state index in [0.717, 1.165) is 19.9 Å². The molecule has 9 heavy (non-hydrogen) atoms. The van der Waals surface area contributed by atoms with Crippen LogP contribution in [0, 0.1) is 0 Å². The predicted octanol–water partition coefficient (Wildman–Crippen LogP) is 2.24. The number of hydrogen-bond donors (Lipinski definition) is 0. The Morgan fingerprint density at radius 3 is 1.44 bits per heavy atom. The van der Waals surface area contributed by atoms with Gasteiger partial charge in [0.15, 0.2) is 0 Å². The Hall–Kier alpha value is 0.195. The third-order valence-electron chi connectivity index (χ3n) is 1.98. The van der Waals surface area contributed by atoms with E-state index in [0.29, 0.717) is 0 Å². The third kappa shape index (κ3) is 4.68. The van der Waals surface area contributed by atoms with Gasteiger partial charge in [-0.25, -0.2) is 0 Å². The van der Waals surface area contributed by atoms with E-state index in [1.807, 2.05) is 0 Å². The molecule has 0 rings (SSSR count). The van der Waals surface area contributed by atoms with Crippen LogP contribution in [0.25, 0.3) is 0 Å². The van der Waals surface area contributed by atoms with Crippen molar-refractivity contribution in [3.8, 4) is 0 Å². The zero-order chi connectivity index (χ0) is 7.44. The molecule has 0 amide bonds. The highest BCUT2D eigenvalue weighted by Crippen LogP contribution is 2.00. The van der Waals surface area contributed by atoms with E-state index in [4.69, 9.17) is 0 Å². The first kappa shape index (κ1) is 9.19. The van der Waals surface area contributed by atoms with Crippen LogP contribution in [0.4, 0.5) is 0 Å². The molecule has 0 nitrogen and oxygen atoms in total. The van der Waals surface area contributed by atoms with Crippen molar-refractivity contribution in [2.45, 2.75) is 40.3 Å². The third-order valence-corrected chi connectivity index (χ3v) is 1.98. The second-order valence-electron chi connectivity index (χ2n) is 3.85. The Kier molecular flexibility index (Phi) is 4.17. The van der Waals surface area contributed by atoms with Gasteiger partial charge in [-0.1, -0.05) is 34.1 Å². The quantitative estimate of drug-likeness (QED) is 0.503. The molecular weight excluding hydrogens is 105 g/mol. The number of hydrogen-bond acceptors (Lipinski definition) is 0. The van der Waals surface area contributed by atoms with E-state index in [-0.39, 0.29) is 0 Å². The molecule has 0 aromatic rings. The molecule has 0 heterocycles. The summed E-state index contributed by atoms with van der Waals surface area (Å²) >= 11 is 0. The van der Waals surface area contributed by atoms with E-state index in [9.17, 15) is 0 Å². The summed E-state index contributed by atoms with van der Waals surface area (Å²) in [6.07, 6.45) is 1.37. The Labute approximate surface area is 61.0 Å². The fraction of sp³-hybridized carbons (Fsp3) is 1.00. The fourth-order valence-corrected chi connectivity index (χ4v) is 1.02. The zero-order valence-electron chi connectivity index (χ0n) is 7.44. The minimum absolute atomic E-state index is 0.854. The smallest absolute Gasteiger partial charge is 0.101 e. The molecule has 0 aromatic carbocycles. The minimum atomic E-state index is 0.854. The van der Waals surface area contributed by atoms with Gasteiger partial charge in [0.05, 0.1) is 6.60 Å². The van der Waals surface area contributed by atoms with Gasteiger partial charge in [0.2, 0.25) is 0 Å². The van der Waals surface area contributed by atoms with E-state index < -0.39 is 0 Å². The van der Waals surface area contributed by atoms with Crippen molar-refractivity contribution in [3.05, 3.63) is 0 Å². The monoisotopic (exact) mass is 122 g/mol. The van der Waals surface area contributed by atoms with Gasteiger partial charge >= 0.3 is 0 Å². The molecule has 0 saturated carbocycles. The lowest BCUT2D eigenvalue weighted by atomic mass is 9.06. The first-order valence-corrected chi connectivity index (χ1v) is 4.04. The van der Waals surface area contributed by atoms with E-state index in [1.165, 1.54) is 6.22 Å². The first-order valence-electron chi connectivity index (χ1n) is 4.04. The van der Waals surface area contributed by atoms with Crippen LogP contribution in [0.3, 0.4) is 0 Å². The van der Waals surface area contributed by atoms with Crippen LogP contribution in [0.5, 0.6) is 0 Å². The molecular formula is C6H17B3. The molecule has 0 atom stereocenters. The van der Waals surface area contributed by atoms with Crippen LogP contribution < -0.4 is 0 Å². The molecule has 0 aromatic heterocycles. The molecule has 0 aliphatic rings. The maximum Gasteiger partial charge on any atom is 0.125 e. The Morgan fingerprint density at radius 2 is 1.33 bits per heavy atom. The average molecular weight is 122 g/mol. The zero-order valence-corrected chi connectivity index (χ0v) is 7.44. The summed E-state index contributed by atoms with van der Waals surface area (Å²) in [7, 11) is 0. The molecule has 0 spiro atoms. The highest BCUT2D eigenvalue weighted by Gasteiger charge is 2.15. The van der Waals surface area contributed by atoms with Crippen molar-refractivity contribution < 1.29 is 0 Å². The van der Waals surface area contributed by atoms with E-state index >= 15 is 0 Å². The van der Waals surface area contributed by atoms with Crippen LogP contribution in [0.2, 0.25) is 40.3 Å². The molecule has 3 heteroatoms. The van der Waals surface area contributed by atoms with Gasteiger partial charge in [0, 0.05) is 0 Å². The lowest BCUT2D eigenvalue weighted by molar-refractivity contribution is 1.75. The van der Waals surface area contributed by atoms with Crippen LogP contribution in [0.15, 0.2) is 0 Å². The van der Waals surface area contributed by atoms with E-state index in [2.05, 4.69) is 34.1 Å². The summed E-state index contributed by atoms with van der Waals surface area (Å²) in [6, 6.07) is 0. The van der Waals surface area contributed by atoms with Crippen molar-refractivity contribution >= 4 is 19.9 Å². The lowest BCUT2D eigenvalue weighted by Crippen LogP contribution is -2.29. The molecule has 0 radical (unpaired) electrons. The Morgan fingerprint density at radius 1 is 0.889 bits per heavy atom. The van der Waals surface area contributed by atoms with Gasteiger partial charge in [-0.05, 0) is 0 Å². The summed E-state index contributed by atoms with van der Waals surface area (Å²) in [4.78, 5) is 0. The van der Waals surface area contributed by atoms with Gasteiger partial charge in [-0.3, -0.25) is 0 Å². The summed E-state index contributed by atoms with van der Waals surface area (Å²) < 4.78 is 0. The van der Waals surface area contributed by atoms with E-state index in [1.54, 1.807) is 0 Å². The van der Waals surface area contributed by atoms with Gasteiger partial charge < -0.3 is 0 Å². The Balaban J connectivity index is 3.38. The molecule has 0 saturated heterocycles. The standard InChI is InChI=1S/C6H17B3/c1-7(2)6-9(5)8(3)4/h6H2,1-5H3. The van der Waals surface area contributed by atoms with Crippen molar-refractivity contribution in [3.63, 3.8) is 0 Å². The molecule has 0 aliphatic carbocycles. The van der Waals surface area contributed by atoms with Gasteiger partial charge in [-0.2, -0.15) is 0 Å². The van der Waals surface area contributed by atoms with Crippen molar-refractivity contribution in [1.29, 1.82) is 0 Å². The Bertz CT molecular complexity index is 70.7. The van der Waals surface area contributed by atoms with Gasteiger partial charge in [0.1, 0.15) is 13.3 Å². The minimum Gasteiger partial charge on any atom is -0.101 e. The molecule has 0 aliphatic heterocycles. The molecule has 0 fully saturated rings. The summed E-state index contributed by atoms with van der Waals surface area (Å²) in [5.41, 5.74) is 0. The molecule has 0 N–H and O–H groups in total. The van der Waals surface area contributed by atoms with Crippen LogP contribution >= 0.6 is 0 Å². The second kappa shape index (κ2) is 4.08. The summed E-state index contributed by atoms with van der Waals surface area (Å²) in [5.74, 6) is 0. The molecule has 50 valence electrons. The highest BCUT2D eigenvalue weighted by molar-refractivity contribution is 7.23. The average Bonchev–Trinajstić information content (AvgIpc) is 1.63.